The van der Waals surface area contributed by atoms with Crippen molar-refractivity contribution < 1.29 is 18.0 Å². The van der Waals surface area contributed by atoms with Gasteiger partial charge in [0, 0.05) is 23.6 Å². The maximum absolute atomic E-state index is 12.5. The summed E-state index contributed by atoms with van der Waals surface area (Å²) in [5.41, 5.74) is 8.90. The Hall–Kier alpha value is -2.81. The van der Waals surface area contributed by atoms with Crippen LogP contribution in [0.25, 0.3) is 5.65 Å². The first-order valence-corrected chi connectivity index (χ1v) is 9.75. The average molecular weight is 438 g/mol. The van der Waals surface area contributed by atoms with Gasteiger partial charge < -0.3 is 11.1 Å². The van der Waals surface area contributed by atoms with Crippen molar-refractivity contribution in [3.8, 4) is 0 Å². The number of halogens is 4. The van der Waals surface area contributed by atoms with E-state index in [1.165, 1.54) is 6.07 Å². The van der Waals surface area contributed by atoms with E-state index in [4.69, 9.17) is 17.3 Å². The highest BCUT2D eigenvalue weighted by atomic mass is 35.5. The predicted molar refractivity (Wildman–Crippen MR) is 107 cm³/mol. The van der Waals surface area contributed by atoms with Crippen LogP contribution >= 0.6 is 11.6 Å². The summed E-state index contributed by atoms with van der Waals surface area (Å²) in [7, 11) is 0. The van der Waals surface area contributed by atoms with Crippen LogP contribution in [0.2, 0.25) is 5.15 Å². The summed E-state index contributed by atoms with van der Waals surface area (Å²) >= 11 is 6.15. The average Bonchev–Trinajstić information content (AvgIpc) is 3.33. The number of hydrogen-bond acceptors (Lipinski definition) is 4. The number of aromatic nitrogens is 3. The van der Waals surface area contributed by atoms with E-state index in [1.54, 1.807) is 16.8 Å². The van der Waals surface area contributed by atoms with Gasteiger partial charge in [0.2, 0.25) is 5.91 Å². The molecule has 3 N–H and O–H groups in total. The molecule has 0 aliphatic heterocycles. The van der Waals surface area contributed by atoms with E-state index < -0.39 is 18.5 Å². The molecule has 10 heteroatoms. The molecule has 2 heterocycles. The van der Waals surface area contributed by atoms with Crippen molar-refractivity contribution in [1.29, 1.82) is 0 Å². The Balaban J connectivity index is 1.72. The Labute approximate surface area is 175 Å². The Bertz CT molecular complexity index is 1140. The van der Waals surface area contributed by atoms with Crippen LogP contribution in [0.3, 0.4) is 0 Å². The first-order valence-electron chi connectivity index (χ1n) is 9.37. The molecule has 0 saturated heterocycles. The van der Waals surface area contributed by atoms with Gasteiger partial charge in [-0.3, -0.25) is 4.79 Å². The van der Waals surface area contributed by atoms with Gasteiger partial charge in [-0.2, -0.15) is 18.3 Å². The minimum Gasteiger partial charge on any atom is -0.382 e. The van der Waals surface area contributed by atoms with Crippen LogP contribution in [0.5, 0.6) is 0 Å². The monoisotopic (exact) mass is 437 g/mol. The van der Waals surface area contributed by atoms with Crippen molar-refractivity contribution in [2.45, 2.75) is 37.8 Å². The molecule has 1 amide bonds. The first-order chi connectivity index (χ1) is 14.1. The molecule has 1 saturated carbocycles. The number of carbonyl (C=O) groups is 1. The van der Waals surface area contributed by atoms with E-state index in [0.717, 1.165) is 29.7 Å². The molecule has 6 nitrogen and oxygen atoms in total. The number of anilines is 1. The van der Waals surface area contributed by atoms with Gasteiger partial charge in [0.1, 0.15) is 0 Å². The maximum atomic E-state index is 12.5. The summed E-state index contributed by atoms with van der Waals surface area (Å²) in [5, 5.41) is 7.24. The van der Waals surface area contributed by atoms with Crippen molar-refractivity contribution in [3.63, 3.8) is 0 Å². The number of imidazole rings is 1. The predicted octanol–water partition coefficient (Wildman–Crippen LogP) is 4.23. The fraction of sp³-hybridized carbons (Fsp3) is 0.350. The molecule has 0 radical (unpaired) electrons. The molecule has 4 rings (SSSR count). The summed E-state index contributed by atoms with van der Waals surface area (Å²) in [6.45, 7) is 1.53. The first kappa shape index (κ1) is 20.5. The van der Waals surface area contributed by atoms with E-state index in [2.05, 4.69) is 15.4 Å². The third-order valence-electron chi connectivity index (χ3n) is 5.45. The van der Waals surface area contributed by atoms with E-state index in [0.29, 0.717) is 16.9 Å². The molecular weight excluding hydrogens is 419 g/mol. The number of aryl methyl sites for hydroxylation is 1. The minimum atomic E-state index is -4.26. The second-order valence-corrected chi connectivity index (χ2v) is 7.91. The quantitative estimate of drug-likeness (QED) is 0.604. The fourth-order valence-corrected chi connectivity index (χ4v) is 3.97. The number of primary amides is 1. The van der Waals surface area contributed by atoms with E-state index in [9.17, 15) is 18.0 Å². The molecule has 0 spiro atoms. The SMILES string of the molecule is Cc1cc(C2(c3cnc4c(NCCC(F)(F)F)cc(Cl)nn34)CC2)ccc1C(N)=O. The van der Waals surface area contributed by atoms with Crippen molar-refractivity contribution in [2.24, 2.45) is 5.73 Å². The van der Waals surface area contributed by atoms with Crippen LogP contribution in [-0.4, -0.2) is 33.2 Å². The summed E-state index contributed by atoms with van der Waals surface area (Å²) < 4.78 is 39.1. The summed E-state index contributed by atoms with van der Waals surface area (Å²) in [5.74, 6) is -0.485. The number of nitrogens with zero attached hydrogens (tertiary/aromatic N) is 3. The molecule has 30 heavy (non-hydrogen) atoms. The largest absolute Gasteiger partial charge is 0.390 e. The third kappa shape index (κ3) is 3.69. The molecule has 1 aromatic carbocycles. The molecule has 0 unspecified atom stereocenters. The number of alkyl halides is 3. The summed E-state index contributed by atoms with van der Waals surface area (Å²) in [6.07, 6.45) is -1.85. The number of fused-ring (bicyclic) bond motifs is 1. The van der Waals surface area contributed by atoms with E-state index in [-0.39, 0.29) is 17.1 Å². The van der Waals surface area contributed by atoms with Crippen LogP contribution in [-0.2, 0) is 5.41 Å². The molecule has 158 valence electrons. The smallest absolute Gasteiger partial charge is 0.382 e. The Kier molecular flexibility index (Phi) is 4.88. The van der Waals surface area contributed by atoms with Gasteiger partial charge in [0.15, 0.2) is 10.8 Å². The van der Waals surface area contributed by atoms with Gasteiger partial charge >= 0.3 is 6.18 Å². The van der Waals surface area contributed by atoms with Gasteiger partial charge in [0.25, 0.3) is 0 Å². The van der Waals surface area contributed by atoms with Crippen molar-refractivity contribution in [2.75, 3.05) is 11.9 Å². The van der Waals surface area contributed by atoms with Crippen molar-refractivity contribution in [3.05, 3.63) is 58.0 Å². The van der Waals surface area contributed by atoms with Crippen molar-refractivity contribution >= 4 is 28.8 Å². The van der Waals surface area contributed by atoms with E-state index >= 15 is 0 Å². The number of rotatable bonds is 6. The van der Waals surface area contributed by atoms with Gasteiger partial charge in [-0.05, 0) is 37.0 Å². The zero-order valence-corrected chi connectivity index (χ0v) is 16.8. The molecule has 0 atom stereocenters. The summed E-state index contributed by atoms with van der Waals surface area (Å²) in [6, 6.07) is 6.97. The maximum Gasteiger partial charge on any atom is 0.390 e. The van der Waals surface area contributed by atoms with Gasteiger partial charge in [-0.15, -0.1) is 0 Å². The Morgan fingerprint density at radius 1 is 1.33 bits per heavy atom. The second kappa shape index (κ2) is 7.16. The van der Waals surface area contributed by atoms with Gasteiger partial charge in [-0.25, -0.2) is 9.50 Å². The lowest BCUT2D eigenvalue weighted by atomic mass is 9.90. The van der Waals surface area contributed by atoms with Gasteiger partial charge in [-0.1, -0.05) is 23.7 Å². The molecule has 0 bridgehead atoms. The summed E-state index contributed by atoms with van der Waals surface area (Å²) in [4.78, 5) is 15.9. The fourth-order valence-electron chi connectivity index (χ4n) is 3.79. The number of amides is 1. The molecule has 1 aliphatic carbocycles. The van der Waals surface area contributed by atoms with Crippen LogP contribution in [0, 0.1) is 6.92 Å². The van der Waals surface area contributed by atoms with Gasteiger partial charge in [0.05, 0.1) is 24.0 Å². The van der Waals surface area contributed by atoms with Crippen LogP contribution in [0.4, 0.5) is 18.9 Å². The van der Waals surface area contributed by atoms with Crippen molar-refractivity contribution in [1.82, 2.24) is 14.6 Å². The Morgan fingerprint density at radius 3 is 2.67 bits per heavy atom. The zero-order valence-electron chi connectivity index (χ0n) is 16.1. The minimum absolute atomic E-state index is 0.146. The lowest BCUT2D eigenvalue weighted by Crippen LogP contribution is -2.17. The molecule has 2 aromatic heterocycles. The highest BCUT2D eigenvalue weighted by Crippen LogP contribution is 2.53. The number of carbonyl (C=O) groups excluding carboxylic acids is 1. The topological polar surface area (TPSA) is 85.3 Å². The standard InChI is InChI=1S/C20H19ClF3N5O/c1-11-8-12(2-3-13(11)17(25)30)19(4-5-19)15-10-27-18-14(9-16(21)28-29(15)18)26-7-6-20(22,23)24/h2-3,8-10,26H,4-7H2,1H3,(H2,25,30). The molecule has 1 fully saturated rings. The van der Waals surface area contributed by atoms with Crippen LogP contribution in [0.15, 0.2) is 30.5 Å². The van der Waals surface area contributed by atoms with Crippen LogP contribution < -0.4 is 11.1 Å². The molecule has 1 aliphatic rings. The number of nitrogens with two attached hydrogens (primary N) is 1. The molecular formula is C20H19ClF3N5O. The lowest BCUT2D eigenvalue weighted by molar-refractivity contribution is -0.131. The number of nitrogens with one attached hydrogen (secondary N) is 1. The third-order valence-corrected chi connectivity index (χ3v) is 5.63. The van der Waals surface area contributed by atoms with Crippen LogP contribution in [0.1, 0.15) is 46.4 Å². The van der Waals surface area contributed by atoms with E-state index in [1.807, 2.05) is 19.1 Å². The highest BCUT2D eigenvalue weighted by molar-refractivity contribution is 6.29. The zero-order chi connectivity index (χ0) is 21.7. The Morgan fingerprint density at radius 2 is 2.07 bits per heavy atom. The molecule has 3 aromatic rings. The normalized spacial score (nSPS) is 15.4. The number of hydrogen-bond donors (Lipinski definition) is 2. The lowest BCUT2D eigenvalue weighted by Gasteiger charge is -2.17. The number of benzene rings is 1. The highest BCUT2D eigenvalue weighted by Gasteiger charge is 2.48. The second-order valence-electron chi connectivity index (χ2n) is 7.53.